The van der Waals surface area contributed by atoms with E-state index in [4.69, 9.17) is 0 Å². The van der Waals surface area contributed by atoms with Crippen molar-refractivity contribution >= 4 is 11.9 Å². The molecule has 6 nitrogen and oxygen atoms in total. The van der Waals surface area contributed by atoms with E-state index in [-0.39, 0.29) is 18.4 Å². The number of nitrogens with zero attached hydrogens (tertiary/aromatic N) is 2. The lowest BCUT2D eigenvalue weighted by Crippen LogP contribution is -2.28. The molecule has 1 rings (SSSR count). The number of ether oxygens (including phenoxy) is 1. The maximum Gasteiger partial charge on any atom is 0.330 e. The van der Waals surface area contributed by atoms with Gasteiger partial charge >= 0.3 is 5.97 Å². The molecule has 0 aromatic carbocycles. The maximum atomic E-state index is 12.1. The number of aromatic nitrogens is 2. The van der Waals surface area contributed by atoms with E-state index in [1.807, 2.05) is 27.8 Å². The van der Waals surface area contributed by atoms with Crippen molar-refractivity contribution in [2.24, 2.45) is 7.05 Å². The fourth-order valence-corrected chi connectivity index (χ4v) is 2.08. The molecule has 1 amide bonds. The Balaban J connectivity index is 2.64. The number of nitrogens with one attached hydrogen (secondary N) is 1. The summed E-state index contributed by atoms with van der Waals surface area (Å²) in [5.41, 5.74) is 2.79. The third kappa shape index (κ3) is 3.69. The highest BCUT2D eigenvalue weighted by atomic mass is 16.5. The number of hydrogen-bond acceptors (Lipinski definition) is 4. The van der Waals surface area contributed by atoms with Crippen molar-refractivity contribution < 1.29 is 14.3 Å². The standard InChI is InChI=1S/C14H21N3O3/c1-9(13-10(2)16-17(4)11(13)3)14(19)15-8-6-7-12(18)20-5/h6-7,9H,8H2,1-5H3,(H,15,19)/b7-6+. The molecule has 0 aliphatic heterocycles. The van der Waals surface area contributed by atoms with E-state index in [9.17, 15) is 9.59 Å². The van der Waals surface area contributed by atoms with Crippen molar-refractivity contribution in [3.8, 4) is 0 Å². The van der Waals surface area contributed by atoms with Gasteiger partial charge < -0.3 is 10.1 Å². The Morgan fingerprint density at radius 3 is 2.60 bits per heavy atom. The molecule has 1 unspecified atom stereocenters. The Kier molecular flexibility index (Phi) is 5.49. The van der Waals surface area contributed by atoms with Gasteiger partial charge in [0.25, 0.3) is 0 Å². The van der Waals surface area contributed by atoms with E-state index >= 15 is 0 Å². The Morgan fingerprint density at radius 1 is 1.45 bits per heavy atom. The second kappa shape index (κ2) is 6.88. The van der Waals surface area contributed by atoms with Crippen LogP contribution in [0.3, 0.4) is 0 Å². The highest BCUT2D eigenvalue weighted by molar-refractivity contribution is 5.84. The molecule has 1 aromatic rings. The third-order valence-corrected chi connectivity index (χ3v) is 3.24. The molecule has 0 spiro atoms. The lowest BCUT2D eigenvalue weighted by molar-refractivity contribution is -0.134. The third-order valence-electron chi connectivity index (χ3n) is 3.24. The first kappa shape index (κ1) is 15.9. The van der Waals surface area contributed by atoms with Crippen LogP contribution in [0, 0.1) is 13.8 Å². The number of hydrogen-bond donors (Lipinski definition) is 1. The van der Waals surface area contributed by atoms with Gasteiger partial charge in [-0.1, -0.05) is 6.08 Å². The zero-order chi connectivity index (χ0) is 15.3. The van der Waals surface area contributed by atoms with E-state index in [2.05, 4.69) is 15.2 Å². The number of methoxy groups -OCH3 is 1. The Labute approximate surface area is 118 Å². The average Bonchev–Trinajstić information content (AvgIpc) is 2.67. The molecule has 0 aliphatic rings. The van der Waals surface area contributed by atoms with Crippen molar-refractivity contribution in [2.75, 3.05) is 13.7 Å². The van der Waals surface area contributed by atoms with Crippen LogP contribution in [0.4, 0.5) is 0 Å². The summed E-state index contributed by atoms with van der Waals surface area (Å²) >= 11 is 0. The van der Waals surface area contributed by atoms with Crippen molar-refractivity contribution in [1.29, 1.82) is 0 Å². The Bertz CT molecular complexity index is 532. The van der Waals surface area contributed by atoms with E-state index < -0.39 is 5.97 Å². The van der Waals surface area contributed by atoms with E-state index in [1.54, 1.807) is 10.8 Å². The molecule has 110 valence electrons. The summed E-state index contributed by atoms with van der Waals surface area (Å²) in [5, 5.41) is 7.06. The van der Waals surface area contributed by atoms with Gasteiger partial charge in [0.05, 0.1) is 18.7 Å². The molecular formula is C14H21N3O3. The van der Waals surface area contributed by atoms with E-state index in [1.165, 1.54) is 13.2 Å². The van der Waals surface area contributed by atoms with Crippen LogP contribution in [0.5, 0.6) is 0 Å². The molecule has 0 aliphatic carbocycles. The number of carbonyl (C=O) groups is 2. The van der Waals surface area contributed by atoms with Crippen LogP contribution in [0.2, 0.25) is 0 Å². The first-order valence-corrected chi connectivity index (χ1v) is 6.40. The van der Waals surface area contributed by atoms with Gasteiger partial charge in [-0.25, -0.2) is 4.79 Å². The molecule has 0 saturated carbocycles. The summed E-state index contributed by atoms with van der Waals surface area (Å²) in [4.78, 5) is 22.9. The summed E-state index contributed by atoms with van der Waals surface area (Å²) in [5.74, 6) is -0.819. The van der Waals surface area contributed by atoms with Crippen LogP contribution >= 0.6 is 0 Å². The van der Waals surface area contributed by atoms with Gasteiger partial charge in [-0.2, -0.15) is 5.10 Å². The SMILES string of the molecule is COC(=O)/C=C/CNC(=O)C(C)c1c(C)nn(C)c1C. The summed E-state index contributed by atoms with van der Waals surface area (Å²) < 4.78 is 6.23. The second-order valence-electron chi connectivity index (χ2n) is 4.60. The molecule has 1 N–H and O–H groups in total. The molecule has 1 heterocycles. The fourth-order valence-electron chi connectivity index (χ4n) is 2.08. The predicted octanol–water partition coefficient (Wildman–Crippen LogP) is 0.986. The molecule has 0 fully saturated rings. The van der Waals surface area contributed by atoms with Gasteiger partial charge in [0.1, 0.15) is 0 Å². The van der Waals surface area contributed by atoms with Crippen molar-refractivity contribution in [3.63, 3.8) is 0 Å². The summed E-state index contributed by atoms with van der Waals surface area (Å²) in [6.07, 6.45) is 2.84. The minimum absolute atomic E-state index is 0.0984. The van der Waals surface area contributed by atoms with Crippen molar-refractivity contribution in [2.45, 2.75) is 26.7 Å². The van der Waals surface area contributed by atoms with Gasteiger partial charge in [-0.05, 0) is 20.8 Å². The van der Waals surface area contributed by atoms with Gasteiger partial charge in [0, 0.05) is 30.9 Å². The molecule has 0 bridgehead atoms. The lowest BCUT2D eigenvalue weighted by Gasteiger charge is -2.12. The van der Waals surface area contributed by atoms with E-state index in [0.29, 0.717) is 0 Å². The molecule has 1 aromatic heterocycles. The highest BCUT2D eigenvalue weighted by Crippen LogP contribution is 2.22. The smallest absolute Gasteiger partial charge is 0.330 e. The van der Waals surface area contributed by atoms with Gasteiger partial charge in [0.15, 0.2) is 0 Å². The zero-order valence-electron chi connectivity index (χ0n) is 12.6. The fraction of sp³-hybridized carbons (Fsp3) is 0.500. The van der Waals surface area contributed by atoms with Gasteiger partial charge in [-0.15, -0.1) is 0 Å². The van der Waals surface area contributed by atoms with Crippen LogP contribution in [-0.4, -0.2) is 35.3 Å². The number of esters is 1. The monoisotopic (exact) mass is 279 g/mol. The van der Waals surface area contributed by atoms with Gasteiger partial charge in [0.2, 0.25) is 5.91 Å². The molecule has 6 heteroatoms. The minimum Gasteiger partial charge on any atom is -0.466 e. The Morgan fingerprint density at radius 2 is 2.10 bits per heavy atom. The number of carbonyl (C=O) groups excluding carboxylic acids is 2. The second-order valence-corrected chi connectivity index (χ2v) is 4.60. The first-order valence-electron chi connectivity index (χ1n) is 6.40. The molecule has 0 radical (unpaired) electrons. The van der Waals surface area contributed by atoms with Crippen LogP contribution in [0.15, 0.2) is 12.2 Å². The molecule has 1 atom stereocenters. The largest absolute Gasteiger partial charge is 0.466 e. The lowest BCUT2D eigenvalue weighted by atomic mass is 9.98. The van der Waals surface area contributed by atoms with Crippen LogP contribution in [-0.2, 0) is 21.4 Å². The zero-order valence-corrected chi connectivity index (χ0v) is 12.6. The predicted molar refractivity (Wildman–Crippen MR) is 75.3 cm³/mol. The molecular weight excluding hydrogens is 258 g/mol. The normalized spacial score (nSPS) is 12.4. The summed E-state index contributed by atoms with van der Waals surface area (Å²) in [6, 6.07) is 0. The number of aryl methyl sites for hydroxylation is 2. The highest BCUT2D eigenvalue weighted by Gasteiger charge is 2.21. The van der Waals surface area contributed by atoms with Crippen LogP contribution < -0.4 is 5.32 Å². The number of amides is 1. The van der Waals surface area contributed by atoms with Gasteiger partial charge in [-0.3, -0.25) is 9.48 Å². The average molecular weight is 279 g/mol. The molecule has 0 saturated heterocycles. The number of rotatable bonds is 5. The van der Waals surface area contributed by atoms with E-state index in [0.717, 1.165) is 17.0 Å². The van der Waals surface area contributed by atoms with Crippen LogP contribution in [0.1, 0.15) is 29.8 Å². The first-order chi connectivity index (χ1) is 9.38. The minimum atomic E-state index is -0.439. The summed E-state index contributed by atoms with van der Waals surface area (Å²) in [6.45, 7) is 5.96. The topological polar surface area (TPSA) is 73.2 Å². The molecule has 20 heavy (non-hydrogen) atoms. The maximum absolute atomic E-state index is 12.1. The Hall–Kier alpha value is -2.11. The van der Waals surface area contributed by atoms with Crippen molar-refractivity contribution in [1.82, 2.24) is 15.1 Å². The quantitative estimate of drug-likeness (QED) is 0.644. The van der Waals surface area contributed by atoms with Crippen molar-refractivity contribution in [3.05, 3.63) is 29.1 Å². The summed E-state index contributed by atoms with van der Waals surface area (Å²) in [7, 11) is 3.16. The van der Waals surface area contributed by atoms with Crippen LogP contribution in [0.25, 0.3) is 0 Å².